The van der Waals surface area contributed by atoms with Gasteiger partial charge in [-0.1, -0.05) is 18.2 Å². The fourth-order valence-corrected chi connectivity index (χ4v) is 4.43. The summed E-state index contributed by atoms with van der Waals surface area (Å²) in [6.45, 7) is 5.19. The normalized spacial score (nSPS) is 18.8. The van der Waals surface area contributed by atoms with Crippen molar-refractivity contribution in [3.05, 3.63) is 70.7 Å². The van der Waals surface area contributed by atoms with Gasteiger partial charge < -0.3 is 5.11 Å². The van der Waals surface area contributed by atoms with Crippen LogP contribution in [0.1, 0.15) is 17.5 Å². The number of nitrogens with zero attached hydrogens (tertiary/aromatic N) is 4. The number of hydrogen-bond acceptors (Lipinski definition) is 5. The molecular formula is C21H26N4OS. The van der Waals surface area contributed by atoms with Gasteiger partial charge in [0.1, 0.15) is 0 Å². The third kappa shape index (κ3) is 4.65. The van der Waals surface area contributed by atoms with Crippen molar-refractivity contribution in [2.75, 3.05) is 26.2 Å². The summed E-state index contributed by atoms with van der Waals surface area (Å²) in [6.07, 6.45) is 4.91. The molecule has 1 N–H and O–H groups in total. The molecule has 1 aliphatic rings. The highest BCUT2D eigenvalue weighted by Gasteiger charge is 2.26. The lowest BCUT2D eigenvalue weighted by Gasteiger charge is -2.41. The summed E-state index contributed by atoms with van der Waals surface area (Å²) < 4.78 is 1.94. The average Bonchev–Trinajstić information content (AvgIpc) is 3.37. The fraction of sp³-hybridized carbons (Fsp3) is 0.381. The lowest BCUT2D eigenvalue weighted by atomic mass is 10.1. The van der Waals surface area contributed by atoms with Crippen molar-refractivity contribution in [3.63, 3.8) is 0 Å². The molecule has 0 spiro atoms. The summed E-state index contributed by atoms with van der Waals surface area (Å²) in [5.74, 6) is 0. The van der Waals surface area contributed by atoms with Crippen LogP contribution in [0.2, 0.25) is 0 Å². The topological polar surface area (TPSA) is 44.5 Å². The molecule has 0 unspecified atom stereocenters. The van der Waals surface area contributed by atoms with Crippen LogP contribution in [0.5, 0.6) is 0 Å². The predicted octanol–water partition coefficient (Wildman–Crippen LogP) is 3.00. The van der Waals surface area contributed by atoms with Crippen LogP contribution in [-0.2, 0) is 13.1 Å². The van der Waals surface area contributed by atoms with Crippen molar-refractivity contribution in [2.24, 2.45) is 0 Å². The van der Waals surface area contributed by atoms with Crippen molar-refractivity contribution in [2.45, 2.75) is 25.6 Å². The van der Waals surface area contributed by atoms with Crippen LogP contribution in [0.15, 0.2) is 59.6 Å². The summed E-state index contributed by atoms with van der Waals surface area (Å²) in [7, 11) is 0. The Kier molecular flexibility index (Phi) is 5.99. The van der Waals surface area contributed by atoms with E-state index >= 15 is 0 Å². The minimum Gasteiger partial charge on any atom is -0.396 e. The van der Waals surface area contributed by atoms with E-state index in [1.54, 1.807) is 11.3 Å². The largest absolute Gasteiger partial charge is 0.396 e. The molecule has 1 aliphatic heterocycles. The van der Waals surface area contributed by atoms with E-state index in [0.717, 1.165) is 44.8 Å². The summed E-state index contributed by atoms with van der Waals surface area (Å²) in [5.41, 5.74) is 3.69. The number of thiophene rings is 1. The molecule has 0 saturated carbocycles. The molecule has 6 heteroatoms. The second kappa shape index (κ2) is 8.80. The van der Waals surface area contributed by atoms with Gasteiger partial charge in [-0.05, 0) is 40.9 Å². The van der Waals surface area contributed by atoms with E-state index in [2.05, 4.69) is 50.1 Å². The number of hydrogen-bond donors (Lipinski definition) is 1. The van der Waals surface area contributed by atoms with Crippen LogP contribution < -0.4 is 0 Å². The van der Waals surface area contributed by atoms with Crippen molar-refractivity contribution in [1.29, 1.82) is 0 Å². The van der Waals surface area contributed by atoms with Crippen LogP contribution in [0.25, 0.3) is 5.69 Å². The van der Waals surface area contributed by atoms with Gasteiger partial charge in [0.2, 0.25) is 0 Å². The highest BCUT2D eigenvalue weighted by atomic mass is 32.1. The molecule has 3 aromatic rings. The zero-order chi connectivity index (χ0) is 18.5. The Bertz CT molecular complexity index is 818. The van der Waals surface area contributed by atoms with Gasteiger partial charge in [0, 0.05) is 57.1 Å². The Morgan fingerprint density at radius 2 is 1.96 bits per heavy atom. The van der Waals surface area contributed by atoms with Gasteiger partial charge in [0.15, 0.2) is 0 Å². The van der Waals surface area contributed by atoms with E-state index in [1.165, 1.54) is 11.1 Å². The maximum Gasteiger partial charge on any atom is 0.0645 e. The summed E-state index contributed by atoms with van der Waals surface area (Å²) in [6, 6.07) is 12.8. The SMILES string of the molecule is OCC[C@H]1CN(Cc2cnn(-c3ccccc3)c2)CCN1Cc1ccsc1. The summed E-state index contributed by atoms with van der Waals surface area (Å²) >= 11 is 1.75. The van der Waals surface area contributed by atoms with Crippen molar-refractivity contribution in [1.82, 2.24) is 19.6 Å². The minimum atomic E-state index is 0.241. The number of para-hydroxylation sites is 1. The molecule has 4 rings (SSSR count). The molecule has 1 fully saturated rings. The van der Waals surface area contributed by atoms with Crippen LogP contribution >= 0.6 is 11.3 Å². The van der Waals surface area contributed by atoms with E-state index < -0.39 is 0 Å². The van der Waals surface area contributed by atoms with Crippen molar-refractivity contribution >= 4 is 11.3 Å². The van der Waals surface area contributed by atoms with Gasteiger partial charge in [0.25, 0.3) is 0 Å². The Morgan fingerprint density at radius 1 is 1.07 bits per heavy atom. The van der Waals surface area contributed by atoms with Crippen LogP contribution in [0, 0.1) is 0 Å². The number of piperazine rings is 1. The maximum atomic E-state index is 9.51. The van der Waals surface area contributed by atoms with E-state index in [0.29, 0.717) is 6.04 Å². The average molecular weight is 383 g/mol. The Labute approximate surface area is 164 Å². The Hall–Kier alpha value is -1.99. The highest BCUT2D eigenvalue weighted by Crippen LogP contribution is 2.19. The molecule has 0 radical (unpaired) electrons. The van der Waals surface area contributed by atoms with Gasteiger partial charge in [-0.25, -0.2) is 4.68 Å². The number of benzene rings is 1. The molecule has 2 aromatic heterocycles. The number of aromatic nitrogens is 2. The summed E-state index contributed by atoms with van der Waals surface area (Å²) in [5, 5.41) is 18.4. The highest BCUT2D eigenvalue weighted by molar-refractivity contribution is 7.07. The fourth-order valence-electron chi connectivity index (χ4n) is 3.77. The first kappa shape index (κ1) is 18.4. The van der Waals surface area contributed by atoms with Gasteiger partial charge in [-0.3, -0.25) is 9.80 Å². The van der Waals surface area contributed by atoms with E-state index in [9.17, 15) is 5.11 Å². The van der Waals surface area contributed by atoms with E-state index in [-0.39, 0.29) is 6.61 Å². The Balaban J connectivity index is 1.38. The zero-order valence-corrected chi connectivity index (χ0v) is 16.3. The van der Waals surface area contributed by atoms with E-state index in [1.807, 2.05) is 29.1 Å². The number of rotatable bonds is 7. The third-order valence-electron chi connectivity index (χ3n) is 5.18. The van der Waals surface area contributed by atoms with Gasteiger partial charge in [0.05, 0.1) is 11.9 Å². The number of aliphatic hydroxyl groups is 1. The quantitative estimate of drug-likeness (QED) is 0.682. The molecule has 1 saturated heterocycles. The first-order chi connectivity index (χ1) is 13.3. The first-order valence-electron chi connectivity index (χ1n) is 9.49. The van der Waals surface area contributed by atoms with Crippen molar-refractivity contribution in [3.8, 4) is 5.69 Å². The molecule has 1 atom stereocenters. The van der Waals surface area contributed by atoms with E-state index in [4.69, 9.17) is 0 Å². The second-order valence-corrected chi connectivity index (χ2v) is 7.91. The van der Waals surface area contributed by atoms with Crippen LogP contribution in [0.3, 0.4) is 0 Å². The van der Waals surface area contributed by atoms with Gasteiger partial charge in [-0.15, -0.1) is 0 Å². The van der Waals surface area contributed by atoms with Crippen molar-refractivity contribution < 1.29 is 5.11 Å². The molecular weight excluding hydrogens is 356 g/mol. The van der Waals surface area contributed by atoms with Gasteiger partial charge in [-0.2, -0.15) is 16.4 Å². The van der Waals surface area contributed by atoms with Gasteiger partial charge >= 0.3 is 0 Å². The zero-order valence-electron chi connectivity index (χ0n) is 15.4. The second-order valence-electron chi connectivity index (χ2n) is 7.13. The molecule has 142 valence electrons. The van der Waals surface area contributed by atoms with Crippen LogP contribution in [-0.4, -0.2) is 57.0 Å². The lowest BCUT2D eigenvalue weighted by Crippen LogP contribution is -2.52. The molecule has 0 amide bonds. The predicted molar refractivity (Wildman–Crippen MR) is 109 cm³/mol. The lowest BCUT2D eigenvalue weighted by molar-refractivity contribution is 0.0500. The third-order valence-corrected chi connectivity index (χ3v) is 5.91. The molecule has 1 aromatic carbocycles. The molecule has 27 heavy (non-hydrogen) atoms. The standard InChI is InChI=1S/C21H26N4OS/c26-10-6-21-16-23(8-9-24(21)14-18-7-11-27-17-18)13-19-12-22-25(15-19)20-4-2-1-3-5-20/h1-5,7,11-12,15,17,21,26H,6,8-10,13-14,16H2/t21-/m0/s1. The molecule has 0 bridgehead atoms. The summed E-state index contributed by atoms with van der Waals surface area (Å²) in [4.78, 5) is 5.00. The molecule has 0 aliphatic carbocycles. The minimum absolute atomic E-state index is 0.241. The molecule has 3 heterocycles. The Morgan fingerprint density at radius 3 is 2.74 bits per heavy atom. The van der Waals surface area contributed by atoms with Crippen LogP contribution in [0.4, 0.5) is 0 Å². The smallest absolute Gasteiger partial charge is 0.0645 e. The molecule has 5 nitrogen and oxygen atoms in total. The monoisotopic (exact) mass is 382 g/mol. The number of aliphatic hydroxyl groups excluding tert-OH is 1. The first-order valence-corrected chi connectivity index (χ1v) is 10.4. The maximum absolute atomic E-state index is 9.51.